The van der Waals surface area contributed by atoms with Crippen molar-refractivity contribution >= 4 is 5.91 Å². The molecule has 4 aliphatic rings. The van der Waals surface area contributed by atoms with Crippen molar-refractivity contribution < 1.29 is 4.79 Å². The van der Waals surface area contributed by atoms with Gasteiger partial charge >= 0.3 is 0 Å². The zero-order valence-electron chi connectivity index (χ0n) is 12.1. The van der Waals surface area contributed by atoms with Gasteiger partial charge in [-0.25, -0.2) is 0 Å². The number of carbonyl (C=O) groups excluding carboxylic acids is 1. The maximum Gasteiger partial charge on any atom is 0.243 e. The van der Waals surface area contributed by atoms with Gasteiger partial charge in [0.1, 0.15) is 6.04 Å². The number of nitriles is 1. The van der Waals surface area contributed by atoms with Crippen molar-refractivity contribution in [1.29, 1.82) is 5.26 Å². The predicted molar refractivity (Wildman–Crippen MR) is 76.1 cm³/mol. The van der Waals surface area contributed by atoms with Crippen LogP contribution in [0.15, 0.2) is 11.8 Å². The van der Waals surface area contributed by atoms with E-state index in [2.05, 4.69) is 11.4 Å². The number of primary amides is 1. The number of allylic oxidation sites excluding steroid dienone is 1. The average Bonchev–Trinajstić information content (AvgIpc) is 2.33. The third-order valence-electron chi connectivity index (χ3n) is 5.56. The molecule has 0 aliphatic heterocycles. The van der Waals surface area contributed by atoms with Gasteiger partial charge in [-0.1, -0.05) is 0 Å². The van der Waals surface area contributed by atoms with Crippen molar-refractivity contribution in [2.24, 2.45) is 28.9 Å². The monoisotopic (exact) mass is 273 g/mol. The lowest BCUT2D eigenvalue weighted by Crippen LogP contribution is -2.55. The first kappa shape index (κ1) is 13.5. The summed E-state index contributed by atoms with van der Waals surface area (Å²) in [4.78, 5) is 11.0. The number of nitrogens with two attached hydrogens (primary N) is 1. The quantitative estimate of drug-likeness (QED) is 0.770. The molecule has 4 bridgehead atoms. The van der Waals surface area contributed by atoms with Gasteiger partial charge in [0.15, 0.2) is 0 Å². The molecule has 1 amide bonds. The number of carbonyl (C=O) groups is 1. The van der Waals surface area contributed by atoms with Crippen LogP contribution < -0.4 is 11.1 Å². The molecule has 0 radical (unpaired) electrons. The second kappa shape index (κ2) is 4.80. The molecular weight excluding hydrogens is 250 g/mol. The molecule has 1 unspecified atom stereocenters. The maximum atomic E-state index is 11.0. The zero-order valence-corrected chi connectivity index (χ0v) is 12.1. The van der Waals surface area contributed by atoms with Crippen LogP contribution in [0.3, 0.4) is 0 Å². The van der Waals surface area contributed by atoms with Crippen LogP contribution in [0.5, 0.6) is 0 Å². The van der Waals surface area contributed by atoms with Gasteiger partial charge in [0.25, 0.3) is 0 Å². The lowest BCUT2D eigenvalue weighted by Gasteiger charge is -2.58. The molecular formula is C16H23N3O. The number of hydrogen-bond acceptors (Lipinski definition) is 3. The van der Waals surface area contributed by atoms with E-state index < -0.39 is 5.91 Å². The van der Waals surface area contributed by atoms with E-state index >= 15 is 0 Å². The fraction of sp³-hybridized carbons (Fsp3) is 0.750. The minimum atomic E-state index is -0.461. The fourth-order valence-corrected chi connectivity index (χ4v) is 5.34. The van der Waals surface area contributed by atoms with Crippen molar-refractivity contribution in [3.8, 4) is 6.07 Å². The Balaban J connectivity index is 1.79. The second-order valence-electron chi connectivity index (χ2n) is 7.22. The van der Waals surface area contributed by atoms with E-state index in [1.807, 2.05) is 6.92 Å². The smallest absolute Gasteiger partial charge is 0.243 e. The maximum absolute atomic E-state index is 11.0. The molecule has 4 aliphatic carbocycles. The molecule has 0 aromatic carbocycles. The molecule has 4 nitrogen and oxygen atoms in total. The van der Waals surface area contributed by atoms with Crippen molar-refractivity contribution in [2.75, 3.05) is 0 Å². The van der Waals surface area contributed by atoms with Crippen LogP contribution in [0.1, 0.15) is 45.4 Å². The molecule has 4 saturated carbocycles. The summed E-state index contributed by atoms with van der Waals surface area (Å²) in [5, 5.41) is 12.9. The summed E-state index contributed by atoms with van der Waals surface area (Å²) in [5.41, 5.74) is 6.01. The summed E-state index contributed by atoms with van der Waals surface area (Å²) in [5.74, 6) is 2.00. The minimum Gasteiger partial charge on any atom is -0.373 e. The van der Waals surface area contributed by atoms with Gasteiger partial charge in [-0.15, -0.1) is 0 Å². The minimum absolute atomic E-state index is 0.121. The Bertz CT molecular complexity index is 453. The highest BCUT2D eigenvalue weighted by atomic mass is 16.1. The molecule has 3 N–H and O–H groups in total. The largest absolute Gasteiger partial charge is 0.373 e. The zero-order chi connectivity index (χ0) is 14.3. The molecule has 1 atom stereocenters. The molecule has 4 fully saturated rings. The first-order chi connectivity index (χ1) is 9.50. The molecule has 0 heterocycles. The van der Waals surface area contributed by atoms with Gasteiger partial charge in [-0.3, -0.25) is 4.79 Å². The highest BCUT2D eigenvalue weighted by Crippen LogP contribution is 2.61. The third-order valence-corrected chi connectivity index (χ3v) is 5.56. The average molecular weight is 273 g/mol. The Morgan fingerprint density at radius 3 is 2.20 bits per heavy atom. The molecule has 0 spiro atoms. The van der Waals surface area contributed by atoms with Crippen LogP contribution in [-0.2, 0) is 4.79 Å². The van der Waals surface area contributed by atoms with E-state index in [0.717, 1.165) is 17.8 Å². The van der Waals surface area contributed by atoms with Crippen molar-refractivity contribution in [3.05, 3.63) is 11.8 Å². The Hall–Kier alpha value is -1.50. The van der Waals surface area contributed by atoms with E-state index in [0.29, 0.717) is 5.70 Å². The molecule has 0 aromatic rings. The summed E-state index contributed by atoms with van der Waals surface area (Å²) in [6, 6.07) is 2.27. The normalized spacial score (nSPS) is 40.2. The van der Waals surface area contributed by atoms with Crippen LogP contribution in [0.2, 0.25) is 0 Å². The Morgan fingerprint density at radius 2 is 1.80 bits per heavy atom. The van der Waals surface area contributed by atoms with Gasteiger partial charge in [0.05, 0.1) is 6.07 Å². The molecule has 4 rings (SSSR count). The third kappa shape index (κ3) is 2.30. The molecule has 20 heavy (non-hydrogen) atoms. The number of amides is 1. The highest BCUT2D eigenvalue weighted by molar-refractivity contribution is 5.86. The van der Waals surface area contributed by atoms with Crippen LogP contribution in [0.4, 0.5) is 0 Å². The van der Waals surface area contributed by atoms with E-state index in [1.54, 1.807) is 0 Å². The van der Waals surface area contributed by atoms with Crippen molar-refractivity contribution in [2.45, 2.75) is 51.5 Å². The summed E-state index contributed by atoms with van der Waals surface area (Å²) in [6.07, 6.45) is 9.01. The summed E-state index contributed by atoms with van der Waals surface area (Å²) in [7, 11) is 0. The Kier molecular flexibility index (Phi) is 3.24. The molecule has 0 saturated heterocycles. The van der Waals surface area contributed by atoms with Crippen LogP contribution in [0.25, 0.3) is 0 Å². The van der Waals surface area contributed by atoms with Crippen molar-refractivity contribution in [1.82, 2.24) is 5.32 Å². The van der Waals surface area contributed by atoms with Gasteiger partial charge in [0.2, 0.25) is 5.91 Å². The van der Waals surface area contributed by atoms with Crippen LogP contribution in [-0.4, -0.2) is 11.9 Å². The van der Waals surface area contributed by atoms with E-state index in [4.69, 9.17) is 5.73 Å². The highest BCUT2D eigenvalue weighted by Gasteiger charge is 2.54. The van der Waals surface area contributed by atoms with Crippen LogP contribution >= 0.6 is 0 Å². The number of nitrogens with one attached hydrogen (secondary N) is 1. The van der Waals surface area contributed by atoms with E-state index in [9.17, 15) is 10.1 Å². The van der Waals surface area contributed by atoms with Gasteiger partial charge in [0, 0.05) is 17.2 Å². The Labute approximate surface area is 120 Å². The number of nitrogens with zero attached hydrogens (tertiary/aromatic N) is 1. The summed E-state index contributed by atoms with van der Waals surface area (Å²) in [6.45, 7) is 1.82. The first-order valence-electron chi connectivity index (χ1n) is 7.64. The van der Waals surface area contributed by atoms with Crippen LogP contribution in [0, 0.1) is 34.5 Å². The first-order valence-corrected chi connectivity index (χ1v) is 7.64. The van der Waals surface area contributed by atoms with Gasteiger partial charge in [-0.05, 0) is 63.2 Å². The van der Waals surface area contributed by atoms with Gasteiger partial charge < -0.3 is 11.1 Å². The van der Waals surface area contributed by atoms with Crippen molar-refractivity contribution in [3.63, 3.8) is 0 Å². The molecule has 4 heteroatoms. The summed E-state index contributed by atoms with van der Waals surface area (Å²) >= 11 is 0. The Morgan fingerprint density at radius 1 is 1.30 bits per heavy atom. The standard InChI is InChI=1S/C16H23N3O/c1-10(2-15(18)20)19-14(9-17)16-6-11-3-12(7-16)5-13(4-11)8-16/h2,11-14,19H,3-8H2,1H3,(H2,18,20)/b10-2-. The van der Waals surface area contributed by atoms with E-state index in [-0.39, 0.29) is 11.5 Å². The lowest BCUT2D eigenvalue weighted by atomic mass is 9.48. The van der Waals surface area contributed by atoms with E-state index in [1.165, 1.54) is 44.6 Å². The number of rotatable bonds is 4. The summed E-state index contributed by atoms with van der Waals surface area (Å²) < 4.78 is 0. The second-order valence-corrected chi connectivity index (χ2v) is 7.22. The lowest BCUT2D eigenvalue weighted by molar-refractivity contribution is -0.113. The molecule has 108 valence electrons. The SMILES string of the molecule is C/C(=C/C(N)=O)NC(C#N)C12CC3CC(CC(C3)C1)C2. The molecule has 0 aromatic heterocycles. The van der Waals surface area contributed by atoms with Gasteiger partial charge in [-0.2, -0.15) is 5.26 Å². The number of hydrogen-bond donors (Lipinski definition) is 2. The predicted octanol–water partition coefficient (Wildman–Crippen LogP) is 2.07. The topological polar surface area (TPSA) is 78.9 Å². The fourth-order valence-electron chi connectivity index (χ4n) is 5.34.